The van der Waals surface area contributed by atoms with E-state index in [1.54, 1.807) is 23.5 Å². The lowest BCUT2D eigenvalue weighted by atomic mass is 9.91. The number of hydrogen-bond acceptors (Lipinski definition) is 4. The predicted octanol–water partition coefficient (Wildman–Crippen LogP) is 3.11. The summed E-state index contributed by atoms with van der Waals surface area (Å²) in [6.07, 6.45) is 4.15. The Bertz CT molecular complexity index is 615. The van der Waals surface area contributed by atoms with E-state index in [4.69, 9.17) is 0 Å². The van der Waals surface area contributed by atoms with Crippen molar-refractivity contribution < 1.29 is 4.39 Å². The molecule has 3 nitrogen and oxygen atoms in total. The minimum atomic E-state index is -0.178. The van der Waals surface area contributed by atoms with Crippen molar-refractivity contribution in [1.29, 1.82) is 0 Å². The van der Waals surface area contributed by atoms with E-state index in [9.17, 15) is 4.39 Å². The first-order valence-electron chi connectivity index (χ1n) is 7.35. The second-order valence-corrected chi connectivity index (χ2v) is 6.73. The van der Waals surface area contributed by atoms with Gasteiger partial charge in [0.15, 0.2) is 5.13 Å². The second-order valence-electron chi connectivity index (χ2n) is 5.72. The molecule has 0 unspecified atom stereocenters. The third-order valence-electron chi connectivity index (χ3n) is 4.52. The highest BCUT2D eigenvalue weighted by Crippen LogP contribution is 2.31. The molecule has 0 N–H and O–H groups in total. The van der Waals surface area contributed by atoms with Crippen molar-refractivity contribution >= 4 is 26.7 Å². The number of nitrogens with zero attached hydrogens (tertiary/aromatic N) is 3. The van der Waals surface area contributed by atoms with Crippen molar-refractivity contribution in [1.82, 2.24) is 9.88 Å². The Morgan fingerprint density at radius 1 is 1.15 bits per heavy atom. The minimum absolute atomic E-state index is 0.178. The number of halogens is 1. The summed E-state index contributed by atoms with van der Waals surface area (Å²) in [4.78, 5) is 9.60. The van der Waals surface area contributed by atoms with Crippen LogP contribution >= 0.6 is 11.3 Å². The van der Waals surface area contributed by atoms with Gasteiger partial charge < -0.3 is 4.90 Å². The zero-order valence-corrected chi connectivity index (χ0v) is 12.2. The number of aromatic nitrogens is 1. The van der Waals surface area contributed by atoms with Gasteiger partial charge in [0, 0.05) is 32.2 Å². The molecule has 1 aliphatic heterocycles. The largest absolute Gasteiger partial charge is 0.345 e. The Hall–Kier alpha value is -1.20. The molecular weight excluding hydrogens is 273 g/mol. The maximum absolute atomic E-state index is 13.2. The van der Waals surface area contributed by atoms with Crippen LogP contribution in [0, 0.1) is 5.82 Å². The molecule has 0 atom stereocenters. The fourth-order valence-corrected chi connectivity index (χ4v) is 4.09. The Morgan fingerprint density at radius 2 is 1.95 bits per heavy atom. The van der Waals surface area contributed by atoms with E-state index in [-0.39, 0.29) is 5.82 Å². The Kier molecular flexibility index (Phi) is 3.11. The zero-order valence-electron chi connectivity index (χ0n) is 11.4. The van der Waals surface area contributed by atoms with E-state index < -0.39 is 0 Å². The van der Waals surface area contributed by atoms with E-state index in [1.807, 2.05) is 0 Å². The van der Waals surface area contributed by atoms with Crippen LogP contribution in [0.1, 0.15) is 19.3 Å². The first-order chi connectivity index (χ1) is 9.79. The molecule has 4 rings (SSSR count). The summed E-state index contributed by atoms with van der Waals surface area (Å²) >= 11 is 1.60. The maximum Gasteiger partial charge on any atom is 0.186 e. The smallest absolute Gasteiger partial charge is 0.186 e. The van der Waals surface area contributed by atoms with Gasteiger partial charge in [-0.25, -0.2) is 9.37 Å². The van der Waals surface area contributed by atoms with Crippen LogP contribution in [-0.2, 0) is 0 Å². The van der Waals surface area contributed by atoms with Crippen LogP contribution in [0.5, 0.6) is 0 Å². The molecule has 0 bridgehead atoms. The molecule has 1 aromatic heterocycles. The van der Waals surface area contributed by atoms with Gasteiger partial charge in [0.05, 0.1) is 10.2 Å². The third kappa shape index (κ3) is 2.19. The van der Waals surface area contributed by atoms with Crippen molar-refractivity contribution in [3.05, 3.63) is 24.0 Å². The van der Waals surface area contributed by atoms with Gasteiger partial charge in [0.25, 0.3) is 0 Å². The average Bonchev–Trinajstić information content (AvgIpc) is 2.80. The number of benzene rings is 1. The first kappa shape index (κ1) is 12.5. The number of piperazine rings is 1. The normalized spacial score (nSPS) is 21.4. The number of hydrogen-bond donors (Lipinski definition) is 0. The number of thiazole rings is 1. The molecule has 1 saturated carbocycles. The molecule has 5 heteroatoms. The van der Waals surface area contributed by atoms with Crippen LogP contribution in [0.15, 0.2) is 18.2 Å². The zero-order chi connectivity index (χ0) is 13.5. The summed E-state index contributed by atoms with van der Waals surface area (Å²) < 4.78 is 14.2. The average molecular weight is 291 g/mol. The lowest BCUT2D eigenvalue weighted by Crippen LogP contribution is -2.52. The summed E-state index contributed by atoms with van der Waals surface area (Å²) in [5.74, 6) is -0.178. The molecule has 2 fully saturated rings. The van der Waals surface area contributed by atoms with Gasteiger partial charge in [-0.2, -0.15) is 0 Å². The van der Waals surface area contributed by atoms with E-state index >= 15 is 0 Å². The van der Waals surface area contributed by atoms with Crippen LogP contribution in [0.25, 0.3) is 10.2 Å². The molecule has 2 aliphatic rings. The summed E-state index contributed by atoms with van der Waals surface area (Å²) in [5, 5.41) is 1.04. The summed E-state index contributed by atoms with van der Waals surface area (Å²) in [5.41, 5.74) is 0.910. The van der Waals surface area contributed by atoms with Crippen LogP contribution in [0.2, 0.25) is 0 Å². The van der Waals surface area contributed by atoms with Crippen molar-refractivity contribution in [2.45, 2.75) is 25.3 Å². The van der Waals surface area contributed by atoms with Gasteiger partial charge in [-0.05, 0) is 31.0 Å². The molecule has 20 heavy (non-hydrogen) atoms. The fraction of sp³-hybridized carbons (Fsp3) is 0.533. The molecule has 2 heterocycles. The molecule has 1 saturated heterocycles. The monoisotopic (exact) mass is 291 g/mol. The predicted molar refractivity (Wildman–Crippen MR) is 81.0 cm³/mol. The number of fused-ring (bicyclic) bond motifs is 1. The summed E-state index contributed by atoms with van der Waals surface area (Å²) in [6.45, 7) is 4.35. The SMILES string of the molecule is Fc1ccc2nc(N3CCN(C4CCC4)CC3)sc2c1. The molecule has 106 valence electrons. The fourth-order valence-electron chi connectivity index (χ4n) is 3.05. The van der Waals surface area contributed by atoms with E-state index in [0.717, 1.165) is 47.6 Å². The van der Waals surface area contributed by atoms with Crippen LogP contribution in [-0.4, -0.2) is 42.1 Å². The molecule has 1 aliphatic carbocycles. The summed E-state index contributed by atoms with van der Waals surface area (Å²) in [6, 6.07) is 5.68. The standard InChI is InChI=1S/C15H18FN3S/c16-11-4-5-13-14(10-11)20-15(17-13)19-8-6-18(7-9-19)12-2-1-3-12/h4-5,10,12H,1-3,6-9H2. The molecule has 0 amide bonds. The lowest BCUT2D eigenvalue weighted by molar-refractivity contribution is 0.120. The highest BCUT2D eigenvalue weighted by atomic mass is 32.1. The molecule has 2 aromatic rings. The molecule has 0 spiro atoms. The second kappa shape index (κ2) is 4.97. The highest BCUT2D eigenvalue weighted by Gasteiger charge is 2.28. The van der Waals surface area contributed by atoms with Crippen molar-refractivity contribution in [2.75, 3.05) is 31.1 Å². The van der Waals surface area contributed by atoms with Gasteiger partial charge in [0.2, 0.25) is 0 Å². The minimum Gasteiger partial charge on any atom is -0.345 e. The van der Waals surface area contributed by atoms with Gasteiger partial charge >= 0.3 is 0 Å². The Balaban J connectivity index is 1.49. The van der Waals surface area contributed by atoms with Gasteiger partial charge in [-0.1, -0.05) is 17.8 Å². The van der Waals surface area contributed by atoms with Gasteiger partial charge in [-0.15, -0.1) is 0 Å². The highest BCUT2D eigenvalue weighted by molar-refractivity contribution is 7.22. The van der Waals surface area contributed by atoms with Crippen LogP contribution < -0.4 is 4.90 Å². The van der Waals surface area contributed by atoms with Crippen LogP contribution in [0.3, 0.4) is 0 Å². The number of rotatable bonds is 2. The third-order valence-corrected chi connectivity index (χ3v) is 5.59. The van der Waals surface area contributed by atoms with E-state index in [2.05, 4.69) is 14.8 Å². The Labute approximate surface area is 122 Å². The lowest BCUT2D eigenvalue weighted by Gasteiger charge is -2.42. The van der Waals surface area contributed by atoms with Crippen molar-refractivity contribution in [2.24, 2.45) is 0 Å². The van der Waals surface area contributed by atoms with E-state index in [1.165, 1.54) is 25.3 Å². The molecule has 0 radical (unpaired) electrons. The van der Waals surface area contributed by atoms with Crippen LogP contribution in [0.4, 0.5) is 9.52 Å². The molecule has 1 aromatic carbocycles. The first-order valence-corrected chi connectivity index (χ1v) is 8.16. The topological polar surface area (TPSA) is 19.4 Å². The van der Waals surface area contributed by atoms with Gasteiger partial charge in [-0.3, -0.25) is 4.90 Å². The van der Waals surface area contributed by atoms with Gasteiger partial charge in [0.1, 0.15) is 5.82 Å². The van der Waals surface area contributed by atoms with Crippen molar-refractivity contribution in [3.63, 3.8) is 0 Å². The quantitative estimate of drug-likeness (QED) is 0.847. The molecular formula is C15H18FN3S. The number of anilines is 1. The summed E-state index contributed by atoms with van der Waals surface area (Å²) in [7, 11) is 0. The maximum atomic E-state index is 13.2. The Morgan fingerprint density at radius 3 is 2.65 bits per heavy atom. The van der Waals surface area contributed by atoms with Crippen molar-refractivity contribution in [3.8, 4) is 0 Å². The van der Waals surface area contributed by atoms with E-state index in [0.29, 0.717) is 0 Å².